The van der Waals surface area contributed by atoms with Crippen molar-refractivity contribution < 1.29 is 9.53 Å². The lowest BCUT2D eigenvalue weighted by Crippen LogP contribution is -2.32. The number of nitriles is 1. The summed E-state index contributed by atoms with van der Waals surface area (Å²) in [5.74, 6) is 0.964. The lowest BCUT2D eigenvalue weighted by molar-refractivity contribution is -0.117. The SMILES string of the molecule is Cc1cc(/C=C(\C#N)C(=O)NC2CCOc3ccccc32)c(C)n1CC(C)C. The molecule has 0 aliphatic carbocycles. The number of ether oxygens (including phenoxy) is 1. The molecule has 5 heteroatoms. The first-order valence-electron chi connectivity index (χ1n) is 9.71. The van der Waals surface area contributed by atoms with Gasteiger partial charge in [0, 0.05) is 29.9 Å². The number of benzene rings is 1. The van der Waals surface area contributed by atoms with Crippen molar-refractivity contribution in [1.29, 1.82) is 5.26 Å². The van der Waals surface area contributed by atoms with Crippen molar-refractivity contribution in [2.24, 2.45) is 5.92 Å². The van der Waals surface area contributed by atoms with E-state index < -0.39 is 0 Å². The maximum Gasteiger partial charge on any atom is 0.262 e. The van der Waals surface area contributed by atoms with Gasteiger partial charge in [-0.2, -0.15) is 5.26 Å². The first-order chi connectivity index (χ1) is 13.4. The van der Waals surface area contributed by atoms with Crippen LogP contribution in [0.2, 0.25) is 0 Å². The van der Waals surface area contributed by atoms with E-state index in [1.165, 1.54) is 0 Å². The summed E-state index contributed by atoms with van der Waals surface area (Å²) in [6.45, 7) is 9.89. The minimum absolute atomic E-state index is 0.119. The van der Waals surface area contributed by atoms with Crippen LogP contribution in [0.5, 0.6) is 5.75 Å². The van der Waals surface area contributed by atoms with E-state index in [1.807, 2.05) is 37.3 Å². The molecule has 1 N–H and O–H groups in total. The lowest BCUT2D eigenvalue weighted by Gasteiger charge is -2.26. The molecule has 1 atom stereocenters. The van der Waals surface area contributed by atoms with Gasteiger partial charge in [0.1, 0.15) is 17.4 Å². The van der Waals surface area contributed by atoms with Crippen LogP contribution >= 0.6 is 0 Å². The van der Waals surface area contributed by atoms with Gasteiger partial charge in [0.15, 0.2) is 0 Å². The summed E-state index contributed by atoms with van der Waals surface area (Å²) in [6, 6.07) is 11.6. The summed E-state index contributed by atoms with van der Waals surface area (Å²) >= 11 is 0. The van der Waals surface area contributed by atoms with Gasteiger partial charge in [0.05, 0.1) is 12.6 Å². The fourth-order valence-electron chi connectivity index (χ4n) is 3.65. The Kier molecular flexibility index (Phi) is 5.89. The number of nitrogens with one attached hydrogen (secondary N) is 1. The van der Waals surface area contributed by atoms with Crippen LogP contribution in [0.1, 0.15) is 48.8 Å². The third kappa shape index (κ3) is 4.12. The van der Waals surface area contributed by atoms with Crippen LogP contribution in [0, 0.1) is 31.1 Å². The highest BCUT2D eigenvalue weighted by molar-refractivity contribution is 6.02. The van der Waals surface area contributed by atoms with Gasteiger partial charge in [-0.1, -0.05) is 32.0 Å². The molecule has 1 aromatic carbocycles. The second kappa shape index (κ2) is 8.35. The Morgan fingerprint density at radius 2 is 2.14 bits per heavy atom. The van der Waals surface area contributed by atoms with Crippen LogP contribution in [-0.4, -0.2) is 17.1 Å². The summed E-state index contributed by atoms with van der Waals surface area (Å²) in [6.07, 6.45) is 2.38. The number of nitrogens with zero attached hydrogens (tertiary/aromatic N) is 2. The van der Waals surface area contributed by atoms with E-state index in [0.29, 0.717) is 18.9 Å². The summed E-state index contributed by atoms with van der Waals surface area (Å²) in [4.78, 5) is 12.8. The number of aryl methyl sites for hydroxylation is 1. The van der Waals surface area contributed by atoms with E-state index in [-0.39, 0.29) is 17.5 Å². The van der Waals surface area contributed by atoms with E-state index in [4.69, 9.17) is 4.74 Å². The number of para-hydroxylation sites is 1. The van der Waals surface area contributed by atoms with Crippen LogP contribution in [0.25, 0.3) is 6.08 Å². The number of fused-ring (bicyclic) bond motifs is 1. The maximum atomic E-state index is 12.8. The summed E-state index contributed by atoms with van der Waals surface area (Å²) < 4.78 is 7.88. The normalized spacial score (nSPS) is 16.3. The van der Waals surface area contributed by atoms with Gasteiger partial charge in [0.25, 0.3) is 5.91 Å². The summed E-state index contributed by atoms with van der Waals surface area (Å²) in [5.41, 5.74) is 4.19. The van der Waals surface area contributed by atoms with Gasteiger partial charge in [0.2, 0.25) is 0 Å². The Labute approximate surface area is 166 Å². The number of hydrogen-bond acceptors (Lipinski definition) is 3. The Hall–Kier alpha value is -3.00. The molecule has 1 aromatic heterocycles. The highest BCUT2D eigenvalue weighted by atomic mass is 16.5. The van der Waals surface area contributed by atoms with E-state index in [1.54, 1.807) is 6.08 Å². The van der Waals surface area contributed by atoms with Crippen LogP contribution in [0.4, 0.5) is 0 Å². The van der Waals surface area contributed by atoms with Crippen molar-refractivity contribution in [3.05, 3.63) is 58.4 Å². The fraction of sp³-hybridized carbons (Fsp3) is 0.391. The van der Waals surface area contributed by atoms with Crippen molar-refractivity contribution in [1.82, 2.24) is 9.88 Å². The van der Waals surface area contributed by atoms with Crippen molar-refractivity contribution in [3.8, 4) is 11.8 Å². The highest BCUT2D eigenvalue weighted by Crippen LogP contribution is 2.31. The van der Waals surface area contributed by atoms with Crippen molar-refractivity contribution in [3.63, 3.8) is 0 Å². The van der Waals surface area contributed by atoms with E-state index in [9.17, 15) is 10.1 Å². The van der Waals surface area contributed by atoms with Crippen LogP contribution < -0.4 is 10.1 Å². The van der Waals surface area contributed by atoms with Gasteiger partial charge in [-0.15, -0.1) is 0 Å². The zero-order valence-corrected chi connectivity index (χ0v) is 17.0. The molecular weight excluding hydrogens is 350 g/mol. The zero-order valence-electron chi connectivity index (χ0n) is 17.0. The monoisotopic (exact) mass is 377 g/mol. The second-order valence-electron chi connectivity index (χ2n) is 7.70. The Bertz CT molecular complexity index is 947. The van der Waals surface area contributed by atoms with Gasteiger partial charge in [-0.05, 0) is 43.5 Å². The molecule has 0 bridgehead atoms. The molecule has 0 fully saturated rings. The highest BCUT2D eigenvalue weighted by Gasteiger charge is 2.24. The molecule has 1 aliphatic heterocycles. The molecule has 3 rings (SSSR count). The second-order valence-corrected chi connectivity index (χ2v) is 7.70. The van der Waals surface area contributed by atoms with Crippen molar-refractivity contribution in [2.45, 2.75) is 46.7 Å². The van der Waals surface area contributed by atoms with Crippen LogP contribution in [0.3, 0.4) is 0 Å². The Balaban J connectivity index is 1.83. The first-order valence-corrected chi connectivity index (χ1v) is 9.71. The van der Waals surface area contributed by atoms with Gasteiger partial charge < -0.3 is 14.6 Å². The van der Waals surface area contributed by atoms with E-state index >= 15 is 0 Å². The molecule has 146 valence electrons. The average Bonchev–Trinajstić information content (AvgIpc) is 2.93. The Morgan fingerprint density at radius 1 is 1.39 bits per heavy atom. The molecule has 1 amide bonds. The van der Waals surface area contributed by atoms with Gasteiger partial charge >= 0.3 is 0 Å². The number of hydrogen-bond donors (Lipinski definition) is 1. The predicted octanol–water partition coefficient (Wildman–Crippen LogP) is 4.31. The number of carbonyl (C=O) groups is 1. The first kappa shape index (κ1) is 19.8. The number of amides is 1. The predicted molar refractivity (Wildman–Crippen MR) is 110 cm³/mol. The third-order valence-corrected chi connectivity index (χ3v) is 5.09. The fourth-order valence-corrected chi connectivity index (χ4v) is 3.65. The van der Waals surface area contributed by atoms with E-state index in [0.717, 1.165) is 34.8 Å². The molecule has 0 saturated carbocycles. The van der Waals surface area contributed by atoms with Gasteiger partial charge in [-0.3, -0.25) is 4.79 Å². The molecule has 2 aromatic rings. The number of rotatable bonds is 5. The standard InChI is InChI=1S/C23H27N3O2/c1-15(2)14-26-16(3)11-18(17(26)4)12-19(13-24)23(27)25-21-9-10-28-22-8-6-5-7-20(21)22/h5-8,11-12,15,21H,9-10,14H2,1-4H3,(H,25,27)/b19-12+. The molecule has 28 heavy (non-hydrogen) atoms. The Morgan fingerprint density at radius 3 is 2.86 bits per heavy atom. The molecule has 0 saturated heterocycles. The quantitative estimate of drug-likeness (QED) is 0.624. The van der Waals surface area contributed by atoms with Crippen molar-refractivity contribution in [2.75, 3.05) is 6.61 Å². The molecule has 2 heterocycles. The van der Waals surface area contributed by atoms with Crippen LogP contribution in [-0.2, 0) is 11.3 Å². The maximum absolute atomic E-state index is 12.8. The summed E-state index contributed by atoms with van der Waals surface area (Å²) in [7, 11) is 0. The zero-order chi connectivity index (χ0) is 20.3. The minimum atomic E-state index is -0.349. The molecular formula is C23H27N3O2. The topological polar surface area (TPSA) is 67.1 Å². The van der Waals surface area contributed by atoms with E-state index in [2.05, 4.69) is 36.7 Å². The van der Waals surface area contributed by atoms with Crippen molar-refractivity contribution >= 4 is 12.0 Å². The third-order valence-electron chi connectivity index (χ3n) is 5.09. The average molecular weight is 377 g/mol. The molecule has 0 radical (unpaired) electrons. The largest absolute Gasteiger partial charge is 0.493 e. The number of aromatic nitrogens is 1. The van der Waals surface area contributed by atoms with Gasteiger partial charge in [-0.25, -0.2) is 0 Å². The molecule has 1 unspecified atom stereocenters. The number of carbonyl (C=O) groups excluding carboxylic acids is 1. The lowest BCUT2D eigenvalue weighted by atomic mass is 10.00. The van der Waals surface area contributed by atoms with Crippen LogP contribution in [0.15, 0.2) is 35.9 Å². The molecule has 0 spiro atoms. The smallest absolute Gasteiger partial charge is 0.262 e. The molecule has 5 nitrogen and oxygen atoms in total. The molecule has 1 aliphatic rings. The summed E-state index contributed by atoms with van der Waals surface area (Å²) in [5, 5.41) is 12.6. The minimum Gasteiger partial charge on any atom is -0.493 e.